The van der Waals surface area contributed by atoms with E-state index in [1.54, 1.807) is 23.9 Å². The van der Waals surface area contributed by atoms with Crippen LogP contribution in [0.4, 0.5) is 5.82 Å². The maximum absolute atomic E-state index is 5.73. The van der Waals surface area contributed by atoms with Crippen molar-refractivity contribution in [2.24, 2.45) is 0 Å². The Bertz CT molecular complexity index is 1100. The molecule has 0 atom stereocenters. The molecule has 6 nitrogen and oxygen atoms in total. The molecule has 0 aliphatic carbocycles. The number of rotatable bonds is 4. The average molecular weight is 376 g/mol. The summed E-state index contributed by atoms with van der Waals surface area (Å²) in [6, 6.07) is 11.9. The lowest BCUT2D eigenvalue weighted by Gasteiger charge is -2.18. The molecule has 4 aromatic rings. The molecule has 1 aromatic carbocycles. The van der Waals surface area contributed by atoms with Gasteiger partial charge >= 0.3 is 0 Å². The Morgan fingerprint density at radius 2 is 1.93 bits per heavy atom. The van der Waals surface area contributed by atoms with Crippen LogP contribution >= 0.6 is 11.3 Å². The Labute approximate surface area is 159 Å². The molecule has 1 aliphatic heterocycles. The lowest BCUT2D eigenvalue weighted by molar-refractivity contribution is 0.171. The summed E-state index contributed by atoms with van der Waals surface area (Å²) in [6.45, 7) is 1.76. The van der Waals surface area contributed by atoms with E-state index in [9.17, 15) is 0 Å². The highest BCUT2D eigenvalue weighted by atomic mass is 32.1. The van der Waals surface area contributed by atoms with Crippen LogP contribution in [0.25, 0.3) is 21.3 Å². The monoisotopic (exact) mass is 376 g/mol. The molecule has 4 heterocycles. The third-order valence-electron chi connectivity index (χ3n) is 4.39. The molecule has 3 aromatic heterocycles. The van der Waals surface area contributed by atoms with Crippen LogP contribution in [0.2, 0.25) is 0 Å². The first-order valence-electron chi connectivity index (χ1n) is 8.64. The van der Waals surface area contributed by atoms with Gasteiger partial charge in [0, 0.05) is 17.1 Å². The fraction of sp³-hybridized carbons (Fsp3) is 0.150. The van der Waals surface area contributed by atoms with Crippen LogP contribution < -0.4 is 14.8 Å². The van der Waals surface area contributed by atoms with Crippen LogP contribution in [0.5, 0.6) is 11.5 Å². The van der Waals surface area contributed by atoms with Gasteiger partial charge < -0.3 is 14.8 Å². The molecular weight excluding hydrogens is 360 g/mol. The summed E-state index contributed by atoms with van der Waals surface area (Å²) in [6.07, 6.45) is 3.38. The minimum atomic E-state index is 0.570. The van der Waals surface area contributed by atoms with Crippen molar-refractivity contribution in [3.8, 4) is 22.6 Å². The van der Waals surface area contributed by atoms with Gasteiger partial charge in [-0.05, 0) is 29.8 Å². The number of nitrogens with zero attached hydrogens (tertiary/aromatic N) is 3. The number of hydrogen-bond acceptors (Lipinski definition) is 7. The predicted octanol–water partition coefficient (Wildman–Crippen LogP) is 4.14. The summed E-state index contributed by atoms with van der Waals surface area (Å²) in [4.78, 5) is 14.2. The van der Waals surface area contributed by atoms with Crippen molar-refractivity contribution < 1.29 is 9.47 Å². The number of hydrogen-bond donors (Lipinski definition) is 1. The highest BCUT2D eigenvalue weighted by Gasteiger charge is 2.17. The normalized spacial score (nSPS) is 12.9. The molecule has 1 aliphatic rings. The molecule has 0 spiro atoms. The van der Waals surface area contributed by atoms with Gasteiger partial charge in [-0.2, -0.15) is 0 Å². The van der Waals surface area contributed by atoms with E-state index in [0.717, 1.165) is 44.4 Å². The molecule has 5 rings (SSSR count). The maximum Gasteiger partial charge on any atom is 0.161 e. The lowest BCUT2D eigenvalue weighted by Crippen LogP contribution is -2.15. The Hall–Kier alpha value is -3.19. The first-order chi connectivity index (χ1) is 13.4. The summed E-state index contributed by atoms with van der Waals surface area (Å²) >= 11 is 1.60. The van der Waals surface area contributed by atoms with Crippen LogP contribution in [-0.2, 0) is 6.54 Å². The van der Waals surface area contributed by atoms with Crippen molar-refractivity contribution in [2.45, 2.75) is 6.54 Å². The van der Waals surface area contributed by atoms with Gasteiger partial charge in [-0.15, -0.1) is 11.3 Å². The van der Waals surface area contributed by atoms with E-state index in [-0.39, 0.29) is 0 Å². The second-order valence-electron chi connectivity index (χ2n) is 6.08. The Morgan fingerprint density at radius 1 is 1.00 bits per heavy atom. The zero-order valence-corrected chi connectivity index (χ0v) is 15.2. The van der Waals surface area contributed by atoms with E-state index < -0.39 is 0 Å². The number of benzene rings is 1. The highest BCUT2D eigenvalue weighted by Crippen LogP contribution is 2.40. The van der Waals surface area contributed by atoms with Gasteiger partial charge in [-0.25, -0.2) is 9.97 Å². The molecule has 0 saturated carbocycles. The molecule has 0 bridgehead atoms. The smallest absolute Gasteiger partial charge is 0.161 e. The maximum atomic E-state index is 5.73. The molecule has 0 fully saturated rings. The van der Waals surface area contributed by atoms with E-state index in [1.807, 2.05) is 36.4 Å². The van der Waals surface area contributed by atoms with Crippen LogP contribution in [0.3, 0.4) is 0 Å². The fourth-order valence-corrected chi connectivity index (χ4v) is 4.03. The zero-order valence-electron chi connectivity index (χ0n) is 14.4. The van der Waals surface area contributed by atoms with Crippen LogP contribution in [0.15, 0.2) is 54.3 Å². The van der Waals surface area contributed by atoms with E-state index >= 15 is 0 Å². The van der Waals surface area contributed by atoms with Gasteiger partial charge in [0.15, 0.2) is 11.5 Å². The van der Waals surface area contributed by atoms with Gasteiger partial charge in [0.05, 0.1) is 17.6 Å². The minimum absolute atomic E-state index is 0.570. The van der Waals surface area contributed by atoms with Crippen molar-refractivity contribution in [2.75, 3.05) is 18.5 Å². The van der Waals surface area contributed by atoms with Crippen molar-refractivity contribution in [3.05, 3.63) is 60.0 Å². The van der Waals surface area contributed by atoms with Crippen LogP contribution in [0.1, 0.15) is 5.69 Å². The van der Waals surface area contributed by atoms with Gasteiger partial charge in [0.25, 0.3) is 0 Å². The molecule has 134 valence electrons. The Kier molecular flexibility index (Phi) is 4.06. The molecule has 1 N–H and O–H groups in total. The summed E-state index contributed by atoms with van der Waals surface area (Å²) in [5, 5.41) is 6.52. The molecule has 27 heavy (non-hydrogen) atoms. The molecule has 0 amide bonds. The number of anilines is 1. The number of pyridine rings is 1. The topological polar surface area (TPSA) is 69.2 Å². The molecule has 0 unspecified atom stereocenters. The quantitative estimate of drug-likeness (QED) is 0.577. The Morgan fingerprint density at radius 3 is 2.81 bits per heavy atom. The third-order valence-corrected chi connectivity index (χ3v) is 5.27. The minimum Gasteiger partial charge on any atom is -0.486 e. The molecule has 0 saturated heterocycles. The van der Waals surface area contributed by atoms with E-state index in [1.165, 1.54) is 0 Å². The van der Waals surface area contributed by atoms with E-state index in [0.29, 0.717) is 19.8 Å². The van der Waals surface area contributed by atoms with Crippen molar-refractivity contribution in [1.29, 1.82) is 0 Å². The van der Waals surface area contributed by atoms with Gasteiger partial charge in [-0.3, -0.25) is 4.98 Å². The average Bonchev–Trinajstić information content (AvgIpc) is 3.17. The SMILES string of the molecule is c1ccc(CNc2ncnc3scc(-c4ccc5c(c4)OCCO5)c23)nc1. The fourth-order valence-electron chi connectivity index (χ4n) is 3.11. The van der Waals surface area contributed by atoms with Crippen LogP contribution in [-0.4, -0.2) is 28.2 Å². The van der Waals surface area contributed by atoms with Crippen LogP contribution in [0, 0.1) is 0 Å². The zero-order chi connectivity index (χ0) is 18.1. The molecule has 0 radical (unpaired) electrons. The number of fused-ring (bicyclic) bond motifs is 2. The third kappa shape index (κ3) is 3.06. The molecule has 7 heteroatoms. The number of aromatic nitrogens is 3. The largest absolute Gasteiger partial charge is 0.486 e. The summed E-state index contributed by atoms with van der Waals surface area (Å²) < 4.78 is 11.4. The van der Waals surface area contributed by atoms with E-state index in [4.69, 9.17) is 9.47 Å². The van der Waals surface area contributed by atoms with Crippen molar-refractivity contribution in [1.82, 2.24) is 15.0 Å². The number of ether oxygens (including phenoxy) is 2. The molecular formula is C20H16N4O2S. The second-order valence-corrected chi connectivity index (χ2v) is 6.94. The van der Waals surface area contributed by atoms with Gasteiger partial charge in [0.1, 0.15) is 30.2 Å². The lowest BCUT2D eigenvalue weighted by atomic mass is 10.1. The van der Waals surface area contributed by atoms with Crippen molar-refractivity contribution in [3.63, 3.8) is 0 Å². The summed E-state index contributed by atoms with van der Waals surface area (Å²) in [5.41, 5.74) is 3.10. The summed E-state index contributed by atoms with van der Waals surface area (Å²) in [5.74, 6) is 2.36. The number of thiophene rings is 1. The van der Waals surface area contributed by atoms with Crippen molar-refractivity contribution >= 4 is 27.4 Å². The first kappa shape index (κ1) is 16.0. The standard InChI is InChI=1S/C20H16N4O2S/c1-2-6-21-14(3-1)10-22-19-18-15(11-27-20(18)24-12-23-19)13-4-5-16-17(9-13)26-8-7-25-16/h1-6,9,11-12H,7-8,10H2,(H,22,23,24). The van der Waals surface area contributed by atoms with Gasteiger partial charge in [0.2, 0.25) is 0 Å². The highest BCUT2D eigenvalue weighted by molar-refractivity contribution is 7.17. The first-order valence-corrected chi connectivity index (χ1v) is 9.52. The predicted molar refractivity (Wildman–Crippen MR) is 105 cm³/mol. The second kappa shape index (κ2) is 6.85. The Balaban J connectivity index is 1.53. The van der Waals surface area contributed by atoms with Gasteiger partial charge in [-0.1, -0.05) is 12.1 Å². The van der Waals surface area contributed by atoms with E-state index in [2.05, 4.69) is 25.6 Å². The summed E-state index contributed by atoms with van der Waals surface area (Å²) in [7, 11) is 0. The number of nitrogens with one attached hydrogen (secondary N) is 1.